The summed E-state index contributed by atoms with van der Waals surface area (Å²) in [5.41, 5.74) is 0.500. The number of amides is 2. The molecule has 4 atom stereocenters. The van der Waals surface area contributed by atoms with E-state index in [1.807, 2.05) is 0 Å². The summed E-state index contributed by atoms with van der Waals surface area (Å²) in [6.45, 7) is 2.13. The Kier molecular flexibility index (Phi) is 5.83. The summed E-state index contributed by atoms with van der Waals surface area (Å²) in [5.74, 6) is -2.16. The zero-order valence-corrected chi connectivity index (χ0v) is 15.0. The van der Waals surface area contributed by atoms with E-state index in [1.165, 1.54) is 6.07 Å². The molecule has 0 spiro atoms. The van der Waals surface area contributed by atoms with Crippen molar-refractivity contribution in [1.82, 2.24) is 21.3 Å². The highest BCUT2D eigenvalue weighted by molar-refractivity contribution is 5.99. The van der Waals surface area contributed by atoms with Gasteiger partial charge in [0.25, 0.3) is 0 Å². The molecule has 0 aromatic heterocycles. The summed E-state index contributed by atoms with van der Waals surface area (Å²) in [6.07, 6.45) is 1.24. The molecular weight excluding hydrogens is 358 g/mol. The molecule has 2 heterocycles. The van der Waals surface area contributed by atoms with Crippen LogP contribution in [0.5, 0.6) is 0 Å². The van der Waals surface area contributed by atoms with Crippen molar-refractivity contribution in [3.8, 4) is 0 Å². The fourth-order valence-electron chi connectivity index (χ4n) is 3.26. The molecule has 0 aliphatic carbocycles. The van der Waals surface area contributed by atoms with E-state index in [0.717, 1.165) is 12.1 Å². The van der Waals surface area contributed by atoms with E-state index < -0.39 is 23.6 Å². The highest BCUT2D eigenvalue weighted by Gasteiger charge is 2.34. The Balaban J connectivity index is 1.64. The number of carbonyl (C=O) groups excluding carboxylic acids is 2. The Labute approximate surface area is 155 Å². The summed E-state index contributed by atoms with van der Waals surface area (Å²) in [4.78, 5) is 24.5. The Hall–Kier alpha value is -2.36. The van der Waals surface area contributed by atoms with Crippen molar-refractivity contribution in [2.75, 3.05) is 13.7 Å². The van der Waals surface area contributed by atoms with Gasteiger partial charge in [0.2, 0.25) is 11.8 Å². The molecule has 9 heteroatoms. The monoisotopic (exact) mass is 380 g/mol. The molecule has 3 unspecified atom stereocenters. The molecule has 146 valence electrons. The van der Waals surface area contributed by atoms with Crippen molar-refractivity contribution >= 4 is 11.8 Å². The Morgan fingerprint density at radius 1 is 1.41 bits per heavy atom. The number of rotatable bonds is 5. The maximum atomic E-state index is 13.8. The smallest absolute Gasteiger partial charge is 0.247 e. The summed E-state index contributed by atoms with van der Waals surface area (Å²) >= 11 is 0. The van der Waals surface area contributed by atoms with E-state index >= 15 is 0 Å². The van der Waals surface area contributed by atoms with Crippen molar-refractivity contribution in [3.05, 3.63) is 47.0 Å². The van der Waals surface area contributed by atoms with Crippen LogP contribution in [0.25, 0.3) is 0 Å². The van der Waals surface area contributed by atoms with Crippen LogP contribution >= 0.6 is 0 Å². The predicted octanol–water partition coefficient (Wildman–Crippen LogP) is 0.448. The number of methoxy groups -OCH3 is 1. The lowest BCUT2D eigenvalue weighted by Crippen LogP contribution is -2.67. The number of hydrogen-bond donors (Lipinski definition) is 4. The normalized spacial score (nSPS) is 25.9. The van der Waals surface area contributed by atoms with E-state index in [0.29, 0.717) is 12.1 Å². The number of fused-ring (bicyclic) bond motifs is 1. The number of carbonyl (C=O) groups is 2. The van der Waals surface area contributed by atoms with Crippen LogP contribution in [-0.4, -0.2) is 43.9 Å². The fraction of sp³-hybridized carbons (Fsp3) is 0.444. The van der Waals surface area contributed by atoms with Crippen LogP contribution in [0.4, 0.5) is 8.78 Å². The van der Waals surface area contributed by atoms with Gasteiger partial charge < -0.3 is 15.4 Å². The van der Waals surface area contributed by atoms with Crippen molar-refractivity contribution in [2.24, 2.45) is 0 Å². The first kappa shape index (κ1) is 19.4. The Morgan fingerprint density at radius 2 is 2.19 bits per heavy atom. The van der Waals surface area contributed by atoms with Gasteiger partial charge in [-0.3, -0.25) is 20.2 Å². The fourth-order valence-corrected chi connectivity index (χ4v) is 3.26. The minimum absolute atomic E-state index is 0.136. The van der Waals surface area contributed by atoms with Crippen LogP contribution in [0.1, 0.15) is 24.9 Å². The van der Waals surface area contributed by atoms with Gasteiger partial charge in [-0.2, -0.15) is 0 Å². The Morgan fingerprint density at radius 3 is 2.89 bits per heavy atom. The predicted molar refractivity (Wildman–Crippen MR) is 93.3 cm³/mol. The summed E-state index contributed by atoms with van der Waals surface area (Å²) < 4.78 is 32.0. The number of ether oxygens (including phenoxy) is 1. The summed E-state index contributed by atoms with van der Waals surface area (Å²) in [6, 6.07) is 2.23. The lowest BCUT2D eigenvalue weighted by molar-refractivity contribution is -0.124. The number of benzene rings is 1. The van der Waals surface area contributed by atoms with E-state index in [-0.39, 0.29) is 36.3 Å². The van der Waals surface area contributed by atoms with Gasteiger partial charge in [0.05, 0.1) is 24.5 Å². The molecule has 0 bridgehead atoms. The molecule has 1 saturated heterocycles. The standard InChI is InChI=1S/C18H22F2N4O3/c1-9(12-4-3-11(19)7-13(12)20)22-16(25)6-10-5-14-15(23-17(10)26)8-21-18(24-14)27-2/h3-5,7,9,14-15,18,21,24H,6,8H2,1-2H3,(H,22,25)(H,23,26)/t9-,14?,15?,18?/m0/s1. The van der Waals surface area contributed by atoms with Crippen LogP contribution in [0, 0.1) is 11.6 Å². The van der Waals surface area contributed by atoms with Gasteiger partial charge in [0, 0.05) is 30.9 Å². The SMILES string of the molecule is COC1NCC2NC(=O)C(CC(=O)N[C@@H](C)c3ccc(F)cc3F)=CC2N1. The first-order valence-corrected chi connectivity index (χ1v) is 8.65. The van der Waals surface area contributed by atoms with Gasteiger partial charge in [-0.05, 0) is 13.0 Å². The van der Waals surface area contributed by atoms with Crippen LogP contribution in [0.15, 0.2) is 29.8 Å². The third kappa shape index (κ3) is 4.49. The second-order valence-corrected chi connectivity index (χ2v) is 6.62. The molecule has 2 aliphatic heterocycles. The average molecular weight is 380 g/mol. The number of halogens is 2. The van der Waals surface area contributed by atoms with Crippen molar-refractivity contribution in [1.29, 1.82) is 0 Å². The molecule has 2 aliphatic rings. The molecule has 7 nitrogen and oxygen atoms in total. The highest BCUT2D eigenvalue weighted by atomic mass is 19.1. The quantitative estimate of drug-likeness (QED) is 0.595. The molecule has 4 N–H and O–H groups in total. The van der Waals surface area contributed by atoms with Crippen molar-refractivity contribution in [3.63, 3.8) is 0 Å². The van der Waals surface area contributed by atoms with Crippen LogP contribution in [0.2, 0.25) is 0 Å². The van der Waals surface area contributed by atoms with Crippen LogP contribution in [0.3, 0.4) is 0 Å². The molecule has 0 saturated carbocycles. The minimum Gasteiger partial charge on any atom is -0.353 e. The van der Waals surface area contributed by atoms with Gasteiger partial charge >= 0.3 is 0 Å². The van der Waals surface area contributed by atoms with E-state index in [1.54, 1.807) is 20.1 Å². The maximum absolute atomic E-state index is 13.8. The van der Waals surface area contributed by atoms with E-state index in [4.69, 9.17) is 4.74 Å². The lowest BCUT2D eigenvalue weighted by Gasteiger charge is -2.39. The zero-order valence-electron chi connectivity index (χ0n) is 15.0. The first-order chi connectivity index (χ1) is 12.9. The third-order valence-electron chi connectivity index (χ3n) is 4.68. The molecule has 1 fully saturated rings. The second-order valence-electron chi connectivity index (χ2n) is 6.62. The third-order valence-corrected chi connectivity index (χ3v) is 4.68. The van der Waals surface area contributed by atoms with Gasteiger partial charge in [0.15, 0.2) is 6.35 Å². The van der Waals surface area contributed by atoms with Crippen molar-refractivity contribution < 1.29 is 23.1 Å². The molecule has 27 heavy (non-hydrogen) atoms. The van der Waals surface area contributed by atoms with Crippen molar-refractivity contribution in [2.45, 2.75) is 37.8 Å². The zero-order chi connectivity index (χ0) is 19.6. The van der Waals surface area contributed by atoms with Crippen LogP contribution in [-0.2, 0) is 14.3 Å². The average Bonchev–Trinajstić information content (AvgIpc) is 2.61. The highest BCUT2D eigenvalue weighted by Crippen LogP contribution is 2.19. The van der Waals surface area contributed by atoms with Gasteiger partial charge in [0.1, 0.15) is 11.6 Å². The second kappa shape index (κ2) is 8.12. The number of nitrogens with one attached hydrogen (secondary N) is 4. The molecule has 1 aromatic rings. The molecule has 1 aromatic carbocycles. The molecule has 2 amide bonds. The minimum atomic E-state index is -0.732. The summed E-state index contributed by atoms with van der Waals surface area (Å²) in [5, 5.41) is 11.7. The Bertz CT molecular complexity index is 771. The topological polar surface area (TPSA) is 91.5 Å². The van der Waals surface area contributed by atoms with Crippen LogP contribution < -0.4 is 21.3 Å². The van der Waals surface area contributed by atoms with E-state index in [2.05, 4.69) is 21.3 Å². The van der Waals surface area contributed by atoms with Gasteiger partial charge in [-0.1, -0.05) is 12.1 Å². The largest absolute Gasteiger partial charge is 0.353 e. The molecule has 3 rings (SSSR count). The maximum Gasteiger partial charge on any atom is 0.247 e. The number of hydrogen-bond acceptors (Lipinski definition) is 5. The first-order valence-electron chi connectivity index (χ1n) is 8.65. The lowest BCUT2D eigenvalue weighted by atomic mass is 9.95. The molecular formula is C18H22F2N4O3. The van der Waals surface area contributed by atoms with Gasteiger partial charge in [-0.25, -0.2) is 8.78 Å². The van der Waals surface area contributed by atoms with E-state index in [9.17, 15) is 18.4 Å². The van der Waals surface area contributed by atoms with Gasteiger partial charge in [-0.15, -0.1) is 0 Å². The summed E-state index contributed by atoms with van der Waals surface area (Å²) in [7, 11) is 1.56. The molecule has 0 radical (unpaired) electrons.